The second-order valence-electron chi connectivity index (χ2n) is 6.24. The molecule has 1 aromatic heterocycles. The minimum atomic E-state index is -0.262. The molecule has 3 amide bonds. The molecule has 0 bridgehead atoms. The molecule has 0 spiro atoms. The zero-order chi connectivity index (χ0) is 18.7. The fourth-order valence-electron chi connectivity index (χ4n) is 2.91. The van der Waals surface area contributed by atoms with Crippen molar-refractivity contribution in [1.82, 2.24) is 25.0 Å². The first-order valence-electron chi connectivity index (χ1n) is 8.27. The lowest BCUT2D eigenvalue weighted by molar-refractivity contribution is -0.117. The highest BCUT2D eigenvalue weighted by Crippen LogP contribution is 2.31. The molecule has 0 unspecified atom stereocenters. The summed E-state index contributed by atoms with van der Waals surface area (Å²) in [5, 5.41) is 10.7. The van der Waals surface area contributed by atoms with Gasteiger partial charge < -0.3 is 24.4 Å². The summed E-state index contributed by atoms with van der Waals surface area (Å²) in [5.74, 6) is 1.27. The van der Waals surface area contributed by atoms with Crippen LogP contribution in [0.4, 0.5) is 10.5 Å². The van der Waals surface area contributed by atoms with Crippen molar-refractivity contribution in [1.29, 1.82) is 0 Å². The fraction of sp³-hybridized carbons (Fsp3) is 0.412. The Morgan fingerprint density at radius 1 is 1.42 bits per heavy atom. The van der Waals surface area contributed by atoms with Crippen LogP contribution in [0.5, 0.6) is 5.75 Å². The van der Waals surface area contributed by atoms with E-state index in [1.807, 2.05) is 31.3 Å². The van der Waals surface area contributed by atoms with Gasteiger partial charge in [-0.3, -0.25) is 4.79 Å². The number of rotatable bonds is 5. The van der Waals surface area contributed by atoms with E-state index in [4.69, 9.17) is 4.74 Å². The molecule has 3 rings (SSSR count). The van der Waals surface area contributed by atoms with Crippen molar-refractivity contribution in [2.45, 2.75) is 19.0 Å². The molecule has 1 fully saturated rings. The number of aromatic nitrogens is 3. The Hall–Kier alpha value is -3.10. The second kappa shape index (κ2) is 7.42. The average molecular weight is 358 g/mol. The Bertz CT molecular complexity index is 805. The highest BCUT2D eigenvalue weighted by atomic mass is 16.5. The van der Waals surface area contributed by atoms with Gasteiger partial charge in [0, 0.05) is 27.1 Å². The van der Waals surface area contributed by atoms with E-state index >= 15 is 0 Å². The van der Waals surface area contributed by atoms with E-state index in [0.29, 0.717) is 30.4 Å². The van der Waals surface area contributed by atoms with Crippen molar-refractivity contribution in [3.8, 4) is 5.75 Å². The molecule has 1 atom stereocenters. The van der Waals surface area contributed by atoms with E-state index in [-0.39, 0.29) is 24.4 Å². The number of aryl methyl sites for hydroxylation is 1. The van der Waals surface area contributed by atoms with Gasteiger partial charge in [0.25, 0.3) is 0 Å². The Balaban J connectivity index is 1.62. The van der Waals surface area contributed by atoms with Crippen LogP contribution in [0.2, 0.25) is 0 Å². The summed E-state index contributed by atoms with van der Waals surface area (Å²) >= 11 is 0. The van der Waals surface area contributed by atoms with Crippen molar-refractivity contribution in [3.63, 3.8) is 0 Å². The predicted octanol–water partition coefficient (Wildman–Crippen LogP) is 0.771. The van der Waals surface area contributed by atoms with Gasteiger partial charge in [0.2, 0.25) is 5.91 Å². The van der Waals surface area contributed by atoms with Gasteiger partial charge in [-0.1, -0.05) is 12.1 Å². The maximum absolute atomic E-state index is 12.4. The van der Waals surface area contributed by atoms with Crippen LogP contribution in [-0.4, -0.2) is 58.3 Å². The van der Waals surface area contributed by atoms with Gasteiger partial charge in [0.1, 0.15) is 12.1 Å². The summed E-state index contributed by atoms with van der Waals surface area (Å²) in [5.41, 5.74) is 0.712. The van der Waals surface area contributed by atoms with Crippen LogP contribution in [0.3, 0.4) is 0 Å². The molecule has 9 heteroatoms. The second-order valence-corrected chi connectivity index (χ2v) is 6.24. The number of hydrogen-bond acceptors (Lipinski definition) is 5. The molecule has 1 aromatic carbocycles. The molecule has 138 valence electrons. The highest BCUT2D eigenvalue weighted by Gasteiger charge is 2.33. The summed E-state index contributed by atoms with van der Waals surface area (Å²) in [7, 11) is 5.07. The first-order chi connectivity index (χ1) is 12.5. The van der Waals surface area contributed by atoms with Gasteiger partial charge in [-0.15, -0.1) is 10.2 Å². The Kier molecular flexibility index (Phi) is 5.06. The van der Waals surface area contributed by atoms with Gasteiger partial charge >= 0.3 is 6.03 Å². The largest absolute Gasteiger partial charge is 0.495 e. The summed E-state index contributed by atoms with van der Waals surface area (Å²) in [6.45, 7) is 0.738. The van der Waals surface area contributed by atoms with Crippen molar-refractivity contribution < 1.29 is 14.3 Å². The zero-order valence-electron chi connectivity index (χ0n) is 15.0. The topological polar surface area (TPSA) is 92.6 Å². The molecule has 26 heavy (non-hydrogen) atoms. The number of anilines is 1. The van der Waals surface area contributed by atoms with Gasteiger partial charge in [0.05, 0.1) is 25.4 Å². The Morgan fingerprint density at radius 2 is 2.19 bits per heavy atom. The SMILES string of the molecule is COc1ccccc1N1C[C@@H](NC(=O)N(C)Cc2nncn2C)CC1=O. The van der Waals surface area contributed by atoms with Crippen LogP contribution in [0.1, 0.15) is 12.2 Å². The van der Waals surface area contributed by atoms with Crippen LogP contribution in [0, 0.1) is 0 Å². The smallest absolute Gasteiger partial charge is 0.317 e. The van der Waals surface area contributed by atoms with Gasteiger partial charge in [-0.25, -0.2) is 4.79 Å². The highest BCUT2D eigenvalue weighted by molar-refractivity contribution is 5.98. The third-order valence-corrected chi connectivity index (χ3v) is 4.36. The van der Waals surface area contributed by atoms with Gasteiger partial charge in [-0.05, 0) is 12.1 Å². The predicted molar refractivity (Wildman–Crippen MR) is 94.8 cm³/mol. The van der Waals surface area contributed by atoms with E-state index in [0.717, 1.165) is 0 Å². The number of ether oxygens (including phenoxy) is 1. The summed E-state index contributed by atoms with van der Waals surface area (Å²) in [6, 6.07) is 6.83. The summed E-state index contributed by atoms with van der Waals surface area (Å²) in [6.07, 6.45) is 1.84. The lowest BCUT2D eigenvalue weighted by atomic mass is 10.2. The third kappa shape index (κ3) is 3.61. The summed E-state index contributed by atoms with van der Waals surface area (Å²) in [4.78, 5) is 28.0. The van der Waals surface area contributed by atoms with Crippen LogP contribution in [0.15, 0.2) is 30.6 Å². The van der Waals surface area contributed by atoms with Crippen LogP contribution in [0.25, 0.3) is 0 Å². The first kappa shape index (κ1) is 17.7. The maximum atomic E-state index is 12.4. The minimum absolute atomic E-state index is 0.0456. The minimum Gasteiger partial charge on any atom is -0.495 e. The van der Waals surface area contributed by atoms with E-state index in [2.05, 4.69) is 15.5 Å². The number of benzene rings is 1. The molecular weight excluding hydrogens is 336 g/mol. The van der Waals surface area contributed by atoms with Gasteiger partial charge in [0.15, 0.2) is 5.82 Å². The molecule has 9 nitrogen and oxygen atoms in total. The standard InChI is InChI=1S/C17H22N6O3/c1-21(10-15-20-18-11-22(15)2)17(25)19-12-8-16(24)23(9-12)13-6-4-5-7-14(13)26-3/h4-7,11-12H,8-10H2,1-3H3,(H,19,25)/t12-/m0/s1. The van der Waals surface area contributed by atoms with Gasteiger partial charge in [-0.2, -0.15) is 0 Å². The van der Waals surface area contributed by atoms with Crippen molar-refractivity contribution in [2.75, 3.05) is 25.6 Å². The molecule has 0 saturated carbocycles. The fourth-order valence-corrected chi connectivity index (χ4v) is 2.91. The quantitative estimate of drug-likeness (QED) is 0.852. The number of methoxy groups -OCH3 is 1. The summed E-state index contributed by atoms with van der Waals surface area (Å²) < 4.78 is 7.08. The van der Waals surface area contributed by atoms with Crippen LogP contribution < -0.4 is 15.0 Å². The lowest BCUT2D eigenvalue weighted by Gasteiger charge is -2.22. The number of amides is 3. The molecule has 1 N–H and O–H groups in total. The Labute approximate surface area is 151 Å². The lowest BCUT2D eigenvalue weighted by Crippen LogP contribution is -2.44. The Morgan fingerprint density at radius 3 is 2.88 bits per heavy atom. The number of urea groups is 1. The molecular formula is C17H22N6O3. The zero-order valence-corrected chi connectivity index (χ0v) is 15.0. The van der Waals surface area contributed by atoms with Crippen molar-refractivity contribution in [2.24, 2.45) is 7.05 Å². The molecule has 2 aromatic rings. The van der Waals surface area contributed by atoms with E-state index in [9.17, 15) is 9.59 Å². The number of nitrogens with zero attached hydrogens (tertiary/aromatic N) is 5. The number of carbonyl (C=O) groups excluding carboxylic acids is 2. The van der Waals surface area contributed by atoms with Crippen LogP contribution >= 0.6 is 0 Å². The monoisotopic (exact) mass is 358 g/mol. The van der Waals surface area contributed by atoms with Crippen molar-refractivity contribution >= 4 is 17.6 Å². The first-order valence-corrected chi connectivity index (χ1v) is 8.27. The molecule has 1 aliphatic heterocycles. The number of carbonyl (C=O) groups is 2. The number of hydrogen-bond donors (Lipinski definition) is 1. The average Bonchev–Trinajstić information content (AvgIpc) is 3.20. The van der Waals surface area contributed by atoms with E-state index < -0.39 is 0 Å². The van der Waals surface area contributed by atoms with Crippen LogP contribution in [-0.2, 0) is 18.4 Å². The molecule has 0 aliphatic carbocycles. The van der Waals surface area contributed by atoms with E-state index in [1.165, 1.54) is 4.90 Å². The molecule has 1 saturated heterocycles. The normalized spacial score (nSPS) is 16.7. The third-order valence-electron chi connectivity index (χ3n) is 4.36. The molecule has 0 radical (unpaired) electrons. The van der Waals surface area contributed by atoms with E-state index in [1.54, 1.807) is 30.0 Å². The number of nitrogens with one attached hydrogen (secondary N) is 1. The maximum Gasteiger partial charge on any atom is 0.317 e. The number of para-hydroxylation sites is 2. The van der Waals surface area contributed by atoms with Crippen molar-refractivity contribution in [3.05, 3.63) is 36.4 Å². The molecule has 1 aliphatic rings. The molecule has 2 heterocycles.